The second-order valence-corrected chi connectivity index (χ2v) is 5.06. The van der Waals surface area contributed by atoms with E-state index >= 15 is 0 Å². The lowest BCUT2D eigenvalue weighted by molar-refractivity contribution is 1.01. The van der Waals surface area contributed by atoms with Crippen molar-refractivity contribution in [2.45, 2.75) is 12.8 Å². The highest BCUT2D eigenvalue weighted by molar-refractivity contribution is 7.80. The fourth-order valence-corrected chi connectivity index (χ4v) is 2.49. The zero-order chi connectivity index (χ0) is 13.8. The molecule has 0 fully saturated rings. The van der Waals surface area contributed by atoms with Gasteiger partial charge >= 0.3 is 0 Å². The highest BCUT2D eigenvalue weighted by Crippen LogP contribution is 2.21. The average molecular weight is 281 g/mol. The number of anilines is 1. The second-order valence-electron chi connectivity index (χ2n) is 4.65. The van der Waals surface area contributed by atoms with E-state index in [2.05, 4.69) is 34.0 Å². The van der Waals surface area contributed by atoms with Gasteiger partial charge in [-0.1, -0.05) is 42.5 Å². The lowest BCUT2D eigenvalue weighted by Crippen LogP contribution is -2.25. The predicted octanol–water partition coefficient (Wildman–Crippen LogP) is 3.32. The summed E-state index contributed by atoms with van der Waals surface area (Å²) in [5, 5.41) is 8.03. The molecule has 100 valence electrons. The maximum absolute atomic E-state index is 5.24. The lowest BCUT2D eigenvalue weighted by Gasteiger charge is -2.07. The van der Waals surface area contributed by atoms with Gasteiger partial charge in [0, 0.05) is 11.3 Å². The Hall–Kier alpha value is -2.20. The van der Waals surface area contributed by atoms with Crippen molar-refractivity contribution in [3.8, 4) is 0 Å². The smallest absolute Gasteiger partial charge is 0.191 e. The van der Waals surface area contributed by atoms with Crippen molar-refractivity contribution in [1.29, 1.82) is 0 Å². The van der Waals surface area contributed by atoms with E-state index in [9.17, 15) is 0 Å². The number of para-hydroxylation sites is 1. The zero-order valence-electron chi connectivity index (χ0n) is 11.0. The molecule has 0 atom stereocenters. The van der Waals surface area contributed by atoms with Crippen LogP contribution in [0.2, 0.25) is 0 Å². The summed E-state index contributed by atoms with van der Waals surface area (Å²) in [6, 6.07) is 18.2. The van der Waals surface area contributed by atoms with Gasteiger partial charge in [-0.05, 0) is 42.8 Å². The van der Waals surface area contributed by atoms with E-state index in [1.165, 1.54) is 11.1 Å². The standard InChI is InChI=1S/C16H15N3S/c20-16(17-13-7-2-1-3-8-13)19-18-15-11-10-12-6-4-5-9-14(12)15/h1-9H,10-11H2,(H2,17,19,20)/b18-15-. The van der Waals surface area contributed by atoms with Crippen LogP contribution in [-0.2, 0) is 6.42 Å². The van der Waals surface area contributed by atoms with Gasteiger partial charge in [-0.3, -0.25) is 5.43 Å². The molecule has 0 aliphatic heterocycles. The molecule has 20 heavy (non-hydrogen) atoms. The number of fused-ring (bicyclic) bond motifs is 1. The van der Waals surface area contributed by atoms with E-state index < -0.39 is 0 Å². The van der Waals surface area contributed by atoms with Crippen LogP contribution in [0.25, 0.3) is 0 Å². The summed E-state index contributed by atoms with van der Waals surface area (Å²) in [5.74, 6) is 0. The van der Waals surface area contributed by atoms with Crippen molar-refractivity contribution < 1.29 is 0 Å². The van der Waals surface area contributed by atoms with E-state index in [1.807, 2.05) is 36.4 Å². The van der Waals surface area contributed by atoms with Gasteiger partial charge in [0.2, 0.25) is 0 Å². The fraction of sp³-hybridized carbons (Fsp3) is 0.125. The topological polar surface area (TPSA) is 36.4 Å². The largest absolute Gasteiger partial charge is 0.331 e. The van der Waals surface area contributed by atoms with Crippen molar-refractivity contribution in [2.75, 3.05) is 5.32 Å². The molecule has 3 rings (SSSR count). The maximum Gasteiger partial charge on any atom is 0.191 e. The minimum Gasteiger partial charge on any atom is -0.331 e. The molecule has 0 aromatic heterocycles. The van der Waals surface area contributed by atoms with E-state index in [1.54, 1.807) is 0 Å². The molecular weight excluding hydrogens is 266 g/mol. The quantitative estimate of drug-likeness (QED) is 0.655. The number of benzene rings is 2. The molecule has 0 amide bonds. The molecule has 0 saturated heterocycles. The molecule has 2 aromatic rings. The molecule has 0 saturated carbocycles. The first-order chi connectivity index (χ1) is 9.83. The predicted molar refractivity (Wildman–Crippen MR) is 87.1 cm³/mol. The van der Waals surface area contributed by atoms with Crippen LogP contribution in [0.1, 0.15) is 17.5 Å². The van der Waals surface area contributed by atoms with Gasteiger partial charge in [0.1, 0.15) is 0 Å². The summed E-state index contributed by atoms with van der Waals surface area (Å²) in [4.78, 5) is 0. The van der Waals surface area contributed by atoms with E-state index in [4.69, 9.17) is 12.2 Å². The normalized spacial score (nSPS) is 14.9. The maximum atomic E-state index is 5.24. The van der Waals surface area contributed by atoms with E-state index in [-0.39, 0.29) is 0 Å². The third-order valence-electron chi connectivity index (χ3n) is 3.28. The number of nitrogens with one attached hydrogen (secondary N) is 2. The SMILES string of the molecule is S=C(N/N=C1/CCc2ccccc21)Nc1ccccc1. The fourth-order valence-electron chi connectivity index (χ4n) is 2.32. The van der Waals surface area contributed by atoms with Crippen LogP contribution in [-0.4, -0.2) is 10.8 Å². The Kier molecular flexibility index (Phi) is 3.74. The summed E-state index contributed by atoms with van der Waals surface area (Å²) in [7, 11) is 0. The van der Waals surface area contributed by atoms with Gasteiger partial charge < -0.3 is 5.32 Å². The molecule has 3 nitrogen and oxygen atoms in total. The van der Waals surface area contributed by atoms with E-state index in [0.29, 0.717) is 5.11 Å². The van der Waals surface area contributed by atoms with Crippen LogP contribution in [0.5, 0.6) is 0 Å². The van der Waals surface area contributed by atoms with Crippen LogP contribution in [0, 0.1) is 0 Å². The molecule has 1 aliphatic rings. The second kappa shape index (κ2) is 5.84. The molecule has 4 heteroatoms. The van der Waals surface area contributed by atoms with Crippen molar-refractivity contribution in [1.82, 2.24) is 5.43 Å². The number of hydrazone groups is 1. The Morgan fingerprint density at radius 2 is 1.70 bits per heavy atom. The number of thiocarbonyl (C=S) groups is 1. The minimum absolute atomic E-state index is 0.507. The molecule has 0 unspecified atom stereocenters. The van der Waals surface area contributed by atoms with Crippen LogP contribution in [0.4, 0.5) is 5.69 Å². The minimum atomic E-state index is 0.507. The summed E-state index contributed by atoms with van der Waals surface area (Å²) < 4.78 is 0. The van der Waals surface area contributed by atoms with Gasteiger partial charge in [-0.15, -0.1) is 0 Å². The van der Waals surface area contributed by atoms with Crippen LogP contribution >= 0.6 is 12.2 Å². The van der Waals surface area contributed by atoms with Gasteiger partial charge in [-0.25, -0.2) is 0 Å². The zero-order valence-corrected chi connectivity index (χ0v) is 11.8. The van der Waals surface area contributed by atoms with E-state index in [0.717, 1.165) is 24.2 Å². The third kappa shape index (κ3) is 2.86. The monoisotopic (exact) mass is 281 g/mol. The van der Waals surface area contributed by atoms with Crippen LogP contribution in [0.3, 0.4) is 0 Å². The van der Waals surface area contributed by atoms with Crippen molar-refractivity contribution in [3.63, 3.8) is 0 Å². The number of hydrogen-bond acceptors (Lipinski definition) is 2. The Labute approximate surface area is 123 Å². The molecule has 0 radical (unpaired) electrons. The first-order valence-corrected chi connectivity index (χ1v) is 7.00. The Morgan fingerprint density at radius 3 is 2.55 bits per heavy atom. The van der Waals surface area contributed by atoms with Gasteiger partial charge in [0.15, 0.2) is 5.11 Å². The molecule has 0 bridgehead atoms. The molecular formula is C16H15N3S. The summed E-state index contributed by atoms with van der Waals surface area (Å²) in [6.07, 6.45) is 2.01. The highest BCUT2D eigenvalue weighted by Gasteiger charge is 2.16. The summed E-state index contributed by atoms with van der Waals surface area (Å²) in [6.45, 7) is 0. The number of rotatable bonds is 2. The number of hydrogen-bond donors (Lipinski definition) is 2. The van der Waals surface area contributed by atoms with Crippen LogP contribution in [0.15, 0.2) is 59.7 Å². The van der Waals surface area contributed by atoms with Gasteiger partial charge in [-0.2, -0.15) is 5.10 Å². The number of aryl methyl sites for hydroxylation is 1. The summed E-state index contributed by atoms with van der Waals surface area (Å²) in [5.41, 5.74) is 7.53. The van der Waals surface area contributed by atoms with Gasteiger partial charge in [0.05, 0.1) is 5.71 Å². The highest BCUT2D eigenvalue weighted by atomic mass is 32.1. The number of nitrogens with zero attached hydrogens (tertiary/aromatic N) is 1. The Balaban J connectivity index is 1.65. The molecule has 1 aliphatic carbocycles. The molecule has 2 N–H and O–H groups in total. The first-order valence-electron chi connectivity index (χ1n) is 6.60. The molecule has 0 heterocycles. The average Bonchev–Trinajstić information content (AvgIpc) is 2.89. The molecule has 2 aromatic carbocycles. The van der Waals surface area contributed by atoms with Crippen molar-refractivity contribution >= 4 is 28.7 Å². The third-order valence-corrected chi connectivity index (χ3v) is 3.48. The van der Waals surface area contributed by atoms with Crippen molar-refractivity contribution in [3.05, 3.63) is 65.7 Å². The Morgan fingerprint density at radius 1 is 0.950 bits per heavy atom. The molecule has 0 spiro atoms. The first kappa shape index (κ1) is 12.8. The lowest BCUT2D eigenvalue weighted by atomic mass is 10.1. The van der Waals surface area contributed by atoms with Crippen molar-refractivity contribution in [2.24, 2.45) is 5.10 Å². The Bertz CT molecular complexity index is 650. The van der Waals surface area contributed by atoms with Gasteiger partial charge in [0.25, 0.3) is 0 Å². The summed E-state index contributed by atoms with van der Waals surface area (Å²) >= 11 is 5.24. The van der Waals surface area contributed by atoms with Crippen LogP contribution < -0.4 is 10.7 Å².